The summed E-state index contributed by atoms with van der Waals surface area (Å²) in [6.45, 7) is 20.8. The minimum absolute atomic E-state index is 0.0646. The maximum atomic E-state index is 11.8. The second-order valence-corrected chi connectivity index (χ2v) is 15.1. The highest BCUT2D eigenvalue weighted by Crippen LogP contribution is 2.89. The summed E-state index contributed by atoms with van der Waals surface area (Å²) in [7, 11) is 0. The van der Waals surface area contributed by atoms with E-state index in [9.17, 15) is 10.2 Å². The van der Waals surface area contributed by atoms with Gasteiger partial charge in [0.1, 0.15) is 0 Å². The van der Waals surface area contributed by atoms with Gasteiger partial charge in [0.15, 0.2) is 0 Å². The third-order valence-electron chi connectivity index (χ3n) is 13.6. The smallest absolute Gasteiger partial charge is 0.0656 e. The molecule has 0 saturated heterocycles. The second-order valence-electron chi connectivity index (χ2n) is 15.1. The fourth-order valence-electron chi connectivity index (χ4n) is 11.2. The highest BCUT2D eigenvalue weighted by atomic mass is 16.3. The fourth-order valence-corrected chi connectivity index (χ4v) is 11.2. The summed E-state index contributed by atoms with van der Waals surface area (Å²) < 4.78 is 0. The van der Waals surface area contributed by atoms with Crippen LogP contribution in [0.2, 0.25) is 0 Å². The first-order valence-corrected chi connectivity index (χ1v) is 14.3. The Hall–Kier alpha value is -0.340. The lowest BCUT2D eigenvalue weighted by Crippen LogP contribution is -2.58. The fraction of sp³-hybridized carbons (Fsp3) is 0.935. The molecule has 0 radical (unpaired) electrons. The molecule has 2 heteroatoms. The van der Waals surface area contributed by atoms with Gasteiger partial charge in [-0.2, -0.15) is 0 Å². The molecule has 5 fully saturated rings. The van der Waals surface area contributed by atoms with Crippen LogP contribution in [0.1, 0.15) is 119 Å². The van der Waals surface area contributed by atoms with Crippen molar-refractivity contribution in [2.24, 2.45) is 50.7 Å². The Labute approximate surface area is 204 Å². The molecule has 188 valence electrons. The van der Waals surface area contributed by atoms with Gasteiger partial charge in [-0.1, -0.05) is 53.7 Å². The minimum atomic E-state index is -0.607. The Balaban J connectivity index is 1.42. The molecule has 0 heterocycles. The predicted molar refractivity (Wildman–Crippen MR) is 137 cm³/mol. The van der Waals surface area contributed by atoms with Gasteiger partial charge in [0.2, 0.25) is 0 Å². The van der Waals surface area contributed by atoms with Crippen LogP contribution in [0.15, 0.2) is 12.2 Å². The van der Waals surface area contributed by atoms with E-state index in [2.05, 4.69) is 55.0 Å². The van der Waals surface area contributed by atoms with E-state index in [4.69, 9.17) is 0 Å². The van der Waals surface area contributed by atoms with Crippen LogP contribution in [-0.4, -0.2) is 21.9 Å². The topological polar surface area (TPSA) is 40.5 Å². The van der Waals surface area contributed by atoms with Crippen LogP contribution in [0.5, 0.6) is 0 Å². The van der Waals surface area contributed by atoms with Gasteiger partial charge in [-0.3, -0.25) is 0 Å². The first kappa shape index (κ1) is 24.4. The highest BCUT2D eigenvalue weighted by Gasteiger charge is 2.82. The van der Waals surface area contributed by atoms with Gasteiger partial charge in [-0.25, -0.2) is 0 Å². The van der Waals surface area contributed by atoms with Crippen LogP contribution < -0.4 is 0 Å². The molecule has 0 unspecified atom stereocenters. The van der Waals surface area contributed by atoms with Crippen molar-refractivity contribution in [3.8, 4) is 0 Å². The molecule has 0 aromatic carbocycles. The van der Waals surface area contributed by atoms with Gasteiger partial charge in [0.05, 0.1) is 11.7 Å². The van der Waals surface area contributed by atoms with Crippen LogP contribution in [0.4, 0.5) is 0 Å². The largest absolute Gasteiger partial charge is 0.393 e. The molecule has 0 aromatic rings. The third kappa shape index (κ3) is 2.92. The van der Waals surface area contributed by atoms with Gasteiger partial charge in [-0.05, 0) is 128 Å². The van der Waals surface area contributed by atoms with E-state index in [-0.39, 0.29) is 16.9 Å². The summed E-state index contributed by atoms with van der Waals surface area (Å²) in [6, 6.07) is 0. The number of aliphatic hydroxyl groups is 2. The van der Waals surface area contributed by atoms with Crippen LogP contribution in [0.3, 0.4) is 0 Å². The molecule has 0 aliphatic heterocycles. The maximum absolute atomic E-state index is 11.8. The molecule has 33 heavy (non-hydrogen) atoms. The second kappa shape index (κ2) is 7.12. The maximum Gasteiger partial charge on any atom is 0.0656 e. The standard InChI is InChI=1S/C31H52O2/c1-20(2)21(3)11-15-29(8,33)23-12-14-27(6)24-10-9-22-26(4,5)25(32)13-16-30(22)19-31(24,30)18-17-28(23,27)7/h20,22-25,32-33H,3,9-19H2,1-2,4-8H3/t22-,23-,24-,25-,27-,28+,29-,30+,31-/m0/s1. The van der Waals surface area contributed by atoms with E-state index in [1.165, 1.54) is 56.9 Å². The molecule has 0 amide bonds. The zero-order valence-electron chi connectivity index (χ0n) is 22.8. The van der Waals surface area contributed by atoms with Crippen LogP contribution in [0.25, 0.3) is 0 Å². The average molecular weight is 457 g/mol. The lowest BCUT2D eigenvalue weighted by Gasteiger charge is -2.63. The summed E-state index contributed by atoms with van der Waals surface area (Å²) >= 11 is 0. The van der Waals surface area contributed by atoms with Crippen molar-refractivity contribution in [1.82, 2.24) is 0 Å². The summed E-state index contributed by atoms with van der Waals surface area (Å²) in [4.78, 5) is 0. The Bertz CT molecular complexity index is 825. The molecule has 0 aromatic heterocycles. The number of hydrogen-bond acceptors (Lipinski definition) is 2. The molecule has 5 saturated carbocycles. The first-order valence-electron chi connectivity index (χ1n) is 14.3. The SMILES string of the molecule is C=C(CC[C@](C)(O)[C@H]1CC[C@@]2(C)[C@@H]3CC[C@H]4C(C)(C)[C@@H](O)CC[C@@]45C[C@@]35CC[C@]12C)C(C)C. The minimum Gasteiger partial charge on any atom is -0.393 e. The number of hydrogen-bond donors (Lipinski definition) is 2. The average Bonchev–Trinajstić information content (AvgIpc) is 3.31. The van der Waals surface area contributed by atoms with Crippen molar-refractivity contribution in [2.45, 2.75) is 131 Å². The van der Waals surface area contributed by atoms with Crippen molar-refractivity contribution in [3.05, 3.63) is 12.2 Å². The summed E-state index contributed by atoms with van der Waals surface area (Å²) in [5, 5.41) is 22.7. The van der Waals surface area contributed by atoms with E-state index in [0.29, 0.717) is 34.0 Å². The van der Waals surface area contributed by atoms with Crippen LogP contribution >= 0.6 is 0 Å². The Kier molecular flexibility index (Phi) is 5.25. The molecule has 0 bridgehead atoms. The van der Waals surface area contributed by atoms with Crippen molar-refractivity contribution < 1.29 is 10.2 Å². The van der Waals surface area contributed by atoms with Gasteiger partial charge >= 0.3 is 0 Å². The summed E-state index contributed by atoms with van der Waals surface area (Å²) in [5.41, 5.74) is 2.32. The van der Waals surface area contributed by atoms with E-state index in [0.717, 1.165) is 25.2 Å². The number of rotatable bonds is 5. The van der Waals surface area contributed by atoms with Crippen molar-refractivity contribution >= 4 is 0 Å². The Morgan fingerprint density at radius 3 is 2.21 bits per heavy atom. The quantitative estimate of drug-likeness (QED) is 0.420. The molecule has 5 aliphatic carbocycles. The van der Waals surface area contributed by atoms with E-state index >= 15 is 0 Å². The lowest BCUT2D eigenvalue weighted by molar-refractivity contribution is -0.174. The molecule has 5 aliphatic rings. The normalized spacial score (nSPS) is 51.7. The number of aliphatic hydroxyl groups excluding tert-OH is 1. The van der Waals surface area contributed by atoms with Gasteiger partial charge in [0, 0.05) is 0 Å². The molecule has 2 N–H and O–H groups in total. The molecular formula is C31H52O2. The molecule has 5 rings (SSSR count). The Morgan fingerprint density at radius 2 is 1.55 bits per heavy atom. The predicted octanol–water partition coefficient (Wildman–Crippen LogP) is 7.53. The number of fused-ring (bicyclic) bond motifs is 2. The van der Waals surface area contributed by atoms with Crippen molar-refractivity contribution in [2.75, 3.05) is 0 Å². The lowest BCUT2D eigenvalue weighted by atomic mass is 9.41. The van der Waals surface area contributed by atoms with E-state index in [1.54, 1.807) is 0 Å². The van der Waals surface area contributed by atoms with E-state index < -0.39 is 5.60 Å². The molecule has 2 spiro atoms. The van der Waals surface area contributed by atoms with Gasteiger partial charge in [-0.15, -0.1) is 0 Å². The summed E-state index contributed by atoms with van der Waals surface area (Å²) in [5.74, 6) is 2.39. The molecule has 9 atom stereocenters. The highest BCUT2D eigenvalue weighted by molar-refractivity contribution is 5.31. The summed E-state index contributed by atoms with van der Waals surface area (Å²) in [6.07, 6.45) is 13.1. The monoisotopic (exact) mass is 456 g/mol. The number of allylic oxidation sites excluding steroid dienone is 1. The molecule has 2 nitrogen and oxygen atoms in total. The van der Waals surface area contributed by atoms with Crippen molar-refractivity contribution in [3.63, 3.8) is 0 Å². The van der Waals surface area contributed by atoms with Gasteiger partial charge < -0.3 is 10.2 Å². The Morgan fingerprint density at radius 1 is 0.909 bits per heavy atom. The zero-order chi connectivity index (χ0) is 24.2. The zero-order valence-corrected chi connectivity index (χ0v) is 22.8. The third-order valence-corrected chi connectivity index (χ3v) is 13.6. The van der Waals surface area contributed by atoms with Crippen LogP contribution in [-0.2, 0) is 0 Å². The van der Waals surface area contributed by atoms with Crippen molar-refractivity contribution in [1.29, 1.82) is 0 Å². The first-order chi connectivity index (χ1) is 15.2. The van der Waals surface area contributed by atoms with E-state index in [1.807, 2.05) is 0 Å². The molecular weight excluding hydrogens is 404 g/mol. The van der Waals surface area contributed by atoms with Gasteiger partial charge in [0.25, 0.3) is 0 Å². The van der Waals surface area contributed by atoms with Crippen LogP contribution in [0, 0.1) is 50.7 Å².